The van der Waals surface area contributed by atoms with Gasteiger partial charge in [-0.25, -0.2) is 0 Å². The van der Waals surface area contributed by atoms with E-state index in [-0.39, 0.29) is 18.3 Å². The zero-order valence-electron chi connectivity index (χ0n) is 16.0. The number of hydrogen-bond acceptors (Lipinski definition) is 5. The summed E-state index contributed by atoms with van der Waals surface area (Å²) < 4.78 is 15.7. The van der Waals surface area contributed by atoms with E-state index in [2.05, 4.69) is 0 Å². The smallest absolute Gasteiger partial charge is 0.315 e. The van der Waals surface area contributed by atoms with Crippen molar-refractivity contribution >= 4 is 23.5 Å². The fourth-order valence-corrected chi connectivity index (χ4v) is 3.94. The zero-order valence-corrected chi connectivity index (χ0v) is 16.7. The van der Waals surface area contributed by atoms with Gasteiger partial charge in [0.1, 0.15) is 17.4 Å². The number of hydrogen-bond donors (Lipinski definition) is 0. The highest BCUT2D eigenvalue weighted by atomic mass is 35.5. The Balaban J connectivity index is 2.05. The normalized spacial score (nSPS) is 18.4. The third-order valence-electron chi connectivity index (χ3n) is 5.02. The molecule has 0 spiro atoms. The molecule has 2 unspecified atom stereocenters. The van der Waals surface area contributed by atoms with E-state index in [9.17, 15) is 9.59 Å². The third kappa shape index (κ3) is 3.52. The molecule has 2 aromatic carbocycles. The van der Waals surface area contributed by atoms with Crippen molar-refractivity contribution in [3.05, 3.63) is 59.2 Å². The highest BCUT2D eigenvalue weighted by Crippen LogP contribution is 2.37. The summed E-state index contributed by atoms with van der Waals surface area (Å²) in [6, 6.07) is 11.9. The highest BCUT2D eigenvalue weighted by Gasteiger charge is 2.43. The van der Waals surface area contributed by atoms with Crippen LogP contribution in [0.25, 0.3) is 0 Å². The minimum Gasteiger partial charge on any atom is -0.497 e. The van der Waals surface area contributed by atoms with Crippen LogP contribution in [0.4, 0.5) is 0 Å². The largest absolute Gasteiger partial charge is 0.497 e. The molecule has 28 heavy (non-hydrogen) atoms. The van der Waals surface area contributed by atoms with Crippen LogP contribution in [0.1, 0.15) is 27.4 Å². The Morgan fingerprint density at radius 3 is 2.50 bits per heavy atom. The Hall–Kier alpha value is -2.73. The van der Waals surface area contributed by atoms with E-state index < -0.39 is 17.9 Å². The molecule has 0 radical (unpaired) electrons. The van der Waals surface area contributed by atoms with Crippen molar-refractivity contribution in [1.82, 2.24) is 4.90 Å². The number of ether oxygens (including phenoxy) is 3. The molecule has 2 aromatic rings. The maximum atomic E-state index is 13.2. The number of rotatable bonds is 6. The van der Waals surface area contributed by atoms with E-state index >= 15 is 0 Å². The number of carbonyl (C=O) groups is 2. The molecule has 1 amide bonds. The number of amides is 1. The summed E-state index contributed by atoms with van der Waals surface area (Å²) in [5, 5.41) is 0. The third-order valence-corrected chi connectivity index (χ3v) is 5.34. The van der Waals surface area contributed by atoms with Crippen LogP contribution in [0.15, 0.2) is 42.5 Å². The molecular formula is C21H22ClNO5. The Kier molecular flexibility index (Phi) is 6.09. The summed E-state index contributed by atoms with van der Waals surface area (Å²) in [6.45, 7) is 0.241. The minimum atomic E-state index is -0.652. The lowest BCUT2D eigenvalue weighted by Crippen LogP contribution is -2.51. The molecule has 6 nitrogen and oxygen atoms in total. The molecule has 1 heterocycles. The van der Waals surface area contributed by atoms with Crippen molar-refractivity contribution in [2.45, 2.75) is 18.5 Å². The van der Waals surface area contributed by atoms with Crippen molar-refractivity contribution in [2.24, 2.45) is 0 Å². The maximum absolute atomic E-state index is 13.2. The van der Waals surface area contributed by atoms with E-state index in [4.69, 9.17) is 25.8 Å². The second-order valence-corrected chi connectivity index (χ2v) is 6.73. The molecule has 7 heteroatoms. The van der Waals surface area contributed by atoms with Crippen LogP contribution in [0.3, 0.4) is 0 Å². The van der Waals surface area contributed by atoms with E-state index in [0.717, 1.165) is 5.56 Å². The molecule has 1 aliphatic rings. The van der Waals surface area contributed by atoms with Gasteiger partial charge >= 0.3 is 5.97 Å². The molecule has 1 aliphatic heterocycles. The van der Waals surface area contributed by atoms with E-state index in [1.165, 1.54) is 7.11 Å². The van der Waals surface area contributed by atoms with Crippen molar-refractivity contribution in [3.63, 3.8) is 0 Å². The average Bonchev–Trinajstić information content (AvgIpc) is 2.74. The topological polar surface area (TPSA) is 65.1 Å². The molecule has 0 aromatic heterocycles. The number of nitrogens with zero attached hydrogens (tertiary/aromatic N) is 1. The molecule has 0 N–H and O–H groups in total. The summed E-state index contributed by atoms with van der Waals surface area (Å²) in [6.07, 6.45) is 0. The molecule has 3 rings (SSSR count). The predicted octanol–water partition coefficient (Wildman–Crippen LogP) is 3.22. The SMILES string of the molecule is COC(=O)C1c2ccccc2C(=O)N(Cc2ccc(OC)cc2OC)C1CCl. The van der Waals surface area contributed by atoms with Gasteiger partial charge in [0.25, 0.3) is 5.91 Å². The monoisotopic (exact) mass is 403 g/mol. The quantitative estimate of drug-likeness (QED) is 0.547. The first-order valence-electron chi connectivity index (χ1n) is 8.80. The number of alkyl halides is 1. The number of halogens is 1. The van der Waals surface area contributed by atoms with Crippen LogP contribution in [0.5, 0.6) is 11.5 Å². The molecule has 2 atom stereocenters. The first kappa shape index (κ1) is 20.0. The Bertz CT molecular complexity index is 885. The molecule has 0 saturated carbocycles. The van der Waals surface area contributed by atoms with Gasteiger partial charge in [-0.15, -0.1) is 11.6 Å². The highest BCUT2D eigenvalue weighted by molar-refractivity contribution is 6.19. The zero-order chi connectivity index (χ0) is 20.3. The average molecular weight is 404 g/mol. The molecule has 148 valence electrons. The van der Waals surface area contributed by atoms with Crippen molar-refractivity contribution in [1.29, 1.82) is 0 Å². The number of methoxy groups -OCH3 is 3. The van der Waals surface area contributed by atoms with Crippen molar-refractivity contribution in [2.75, 3.05) is 27.2 Å². The molecule has 0 bridgehead atoms. The number of carbonyl (C=O) groups excluding carboxylic acids is 2. The summed E-state index contributed by atoms with van der Waals surface area (Å²) in [5.41, 5.74) is 1.91. The first-order chi connectivity index (χ1) is 13.5. The predicted molar refractivity (Wildman–Crippen MR) is 105 cm³/mol. The van der Waals surface area contributed by atoms with Gasteiger partial charge in [-0.3, -0.25) is 9.59 Å². The lowest BCUT2D eigenvalue weighted by Gasteiger charge is -2.40. The summed E-state index contributed by atoms with van der Waals surface area (Å²) in [4.78, 5) is 27.4. The number of fused-ring (bicyclic) bond motifs is 1. The van der Waals surface area contributed by atoms with Gasteiger partial charge in [0.15, 0.2) is 0 Å². The first-order valence-corrected chi connectivity index (χ1v) is 9.33. The standard InChI is InChI=1S/C21H22ClNO5/c1-26-14-9-8-13(18(10-14)27-2)12-23-17(11-22)19(21(25)28-3)15-6-4-5-7-16(15)20(23)24/h4-10,17,19H,11-12H2,1-3H3. The molecule has 0 aliphatic carbocycles. The molecular weight excluding hydrogens is 382 g/mol. The van der Waals surface area contributed by atoms with Gasteiger partial charge in [-0.05, 0) is 23.8 Å². The molecule has 0 saturated heterocycles. The van der Waals surface area contributed by atoms with Crippen LogP contribution in [-0.4, -0.2) is 50.0 Å². The van der Waals surface area contributed by atoms with Gasteiger partial charge < -0.3 is 19.1 Å². The number of benzene rings is 2. The fraction of sp³-hybridized carbons (Fsp3) is 0.333. The van der Waals surface area contributed by atoms with Crippen LogP contribution >= 0.6 is 11.6 Å². The van der Waals surface area contributed by atoms with Gasteiger partial charge in [-0.2, -0.15) is 0 Å². The van der Waals surface area contributed by atoms with E-state index in [1.807, 2.05) is 6.07 Å². The van der Waals surface area contributed by atoms with Crippen LogP contribution in [0.2, 0.25) is 0 Å². The van der Waals surface area contributed by atoms with Crippen LogP contribution in [-0.2, 0) is 16.1 Å². The number of esters is 1. The lowest BCUT2D eigenvalue weighted by molar-refractivity contribution is -0.144. The Morgan fingerprint density at radius 1 is 1.11 bits per heavy atom. The maximum Gasteiger partial charge on any atom is 0.315 e. The summed E-state index contributed by atoms with van der Waals surface area (Å²) in [7, 11) is 4.47. The second-order valence-electron chi connectivity index (χ2n) is 6.42. The van der Waals surface area contributed by atoms with Gasteiger partial charge in [0, 0.05) is 23.1 Å². The van der Waals surface area contributed by atoms with Gasteiger partial charge in [-0.1, -0.05) is 18.2 Å². The van der Waals surface area contributed by atoms with Gasteiger partial charge in [0.2, 0.25) is 0 Å². The summed E-state index contributed by atoms with van der Waals surface area (Å²) >= 11 is 6.24. The van der Waals surface area contributed by atoms with Crippen LogP contribution < -0.4 is 9.47 Å². The summed E-state index contributed by atoms with van der Waals surface area (Å²) in [5.74, 6) is 0.0848. The minimum absolute atomic E-state index is 0.0955. The second kappa shape index (κ2) is 8.52. The Morgan fingerprint density at radius 2 is 1.86 bits per heavy atom. The van der Waals surface area contributed by atoms with Crippen LogP contribution in [0, 0.1) is 0 Å². The fourth-order valence-electron chi connectivity index (χ4n) is 3.59. The lowest BCUT2D eigenvalue weighted by atomic mass is 9.83. The Labute approximate surface area is 168 Å². The van der Waals surface area contributed by atoms with E-state index in [1.54, 1.807) is 55.5 Å². The van der Waals surface area contributed by atoms with E-state index in [0.29, 0.717) is 22.6 Å². The van der Waals surface area contributed by atoms with Gasteiger partial charge in [0.05, 0.1) is 33.9 Å². The molecule has 0 fully saturated rings. The van der Waals surface area contributed by atoms with Crippen molar-refractivity contribution < 1.29 is 23.8 Å². The van der Waals surface area contributed by atoms with Crippen molar-refractivity contribution in [3.8, 4) is 11.5 Å².